The van der Waals surface area contributed by atoms with Crippen LogP contribution in [0.25, 0.3) is 0 Å². The van der Waals surface area contributed by atoms with Crippen molar-refractivity contribution in [2.24, 2.45) is 5.73 Å². The first-order valence-corrected chi connectivity index (χ1v) is 5.19. The van der Waals surface area contributed by atoms with E-state index in [2.05, 4.69) is 5.32 Å². The second-order valence-corrected chi connectivity index (χ2v) is 3.94. The SMILES string of the molecule is CC(C)NC(=O)C[C@@H](N)c1ccccc1. The molecular formula is C12H18N2O. The third-order valence-corrected chi connectivity index (χ3v) is 2.08. The van der Waals surface area contributed by atoms with Gasteiger partial charge in [0.25, 0.3) is 0 Å². The summed E-state index contributed by atoms with van der Waals surface area (Å²) in [6, 6.07) is 9.61. The van der Waals surface area contributed by atoms with Crippen LogP contribution in [0.5, 0.6) is 0 Å². The zero-order valence-electron chi connectivity index (χ0n) is 9.23. The monoisotopic (exact) mass is 206 g/mol. The van der Waals surface area contributed by atoms with Crippen molar-refractivity contribution in [2.45, 2.75) is 32.4 Å². The van der Waals surface area contributed by atoms with E-state index in [1.165, 1.54) is 0 Å². The number of nitrogens with one attached hydrogen (secondary N) is 1. The molecule has 0 aliphatic carbocycles. The van der Waals surface area contributed by atoms with Crippen LogP contribution in [0.3, 0.4) is 0 Å². The molecule has 3 nitrogen and oxygen atoms in total. The van der Waals surface area contributed by atoms with E-state index in [1.54, 1.807) is 0 Å². The maximum absolute atomic E-state index is 11.4. The fourth-order valence-electron chi connectivity index (χ4n) is 1.40. The summed E-state index contributed by atoms with van der Waals surface area (Å²) in [5, 5.41) is 2.82. The molecule has 0 aliphatic heterocycles. The van der Waals surface area contributed by atoms with E-state index in [4.69, 9.17) is 5.73 Å². The summed E-state index contributed by atoms with van der Waals surface area (Å²) in [5.74, 6) is 0.00125. The van der Waals surface area contributed by atoms with Gasteiger partial charge in [0.15, 0.2) is 0 Å². The van der Waals surface area contributed by atoms with Gasteiger partial charge in [-0.1, -0.05) is 30.3 Å². The largest absolute Gasteiger partial charge is 0.354 e. The van der Waals surface area contributed by atoms with Crippen LogP contribution in [0.1, 0.15) is 31.9 Å². The summed E-state index contributed by atoms with van der Waals surface area (Å²) < 4.78 is 0. The molecule has 1 amide bonds. The molecule has 0 fully saturated rings. The number of carbonyl (C=O) groups is 1. The van der Waals surface area contributed by atoms with Gasteiger partial charge in [0, 0.05) is 18.5 Å². The fourth-order valence-corrected chi connectivity index (χ4v) is 1.40. The van der Waals surface area contributed by atoms with Crippen molar-refractivity contribution < 1.29 is 4.79 Å². The maximum Gasteiger partial charge on any atom is 0.222 e. The Balaban J connectivity index is 2.49. The van der Waals surface area contributed by atoms with Crippen molar-refractivity contribution in [3.05, 3.63) is 35.9 Å². The van der Waals surface area contributed by atoms with E-state index in [-0.39, 0.29) is 18.0 Å². The molecule has 0 saturated heterocycles. The minimum absolute atomic E-state index is 0.00125. The molecule has 1 rings (SSSR count). The molecule has 1 aromatic carbocycles. The molecule has 1 aromatic rings. The summed E-state index contributed by atoms with van der Waals surface area (Å²) in [6.07, 6.45) is 0.336. The summed E-state index contributed by atoms with van der Waals surface area (Å²) in [7, 11) is 0. The summed E-state index contributed by atoms with van der Waals surface area (Å²) >= 11 is 0. The lowest BCUT2D eigenvalue weighted by atomic mass is 10.0. The lowest BCUT2D eigenvalue weighted by Gasteiger charge is -2.13. The van der Waals surface area contributed by atoms with Crippen molar-refractivity contribution in [1.82, 2.24) is 5.32 Å². The predicted octanol–water partition coefficient (Wildman–Crippen LogP) is 1.60. The minimum Gasteiger partial charge on any atom is -0.354 e. The molecular weight excluding hydrogens is 188 g/mol. The Bertz CT molecular complexity index is 309. The van der Waals surface area contributed by atoms with Gasteiger partial charge >= 0.3 is 0 Å². The van der Waals surface area contributed by atoms with Crippen LogP contribution in [0, 0.1) is 0 Å². The summed E-state index contributed by atoms with van der Waals surface area (Å²) in [6.45, 7) is 3.87. The molecule has 0 bridgehead atoms. The highest BCUT2D eigenvalue weighted by Crippen LogP contribution is 2.12. The molecule has 0 saturated carbocycles. The smallest absolute Gasteiger partial charge is 0.222 e. The highest BCUT2D eigenvalue weighted by atomic mass is 16.1. The van der Waals surface area contributed by atoms with Gasteiger partial charge in [-0.2, -0.15) is 0 Å². The Morgan fingerprint density at radius 1 is 1.33 bits per heavy atom. The molecule has 3 heteroatoms. The molecule has 1 atom stereocenters. The van der Waals surface area contributed by atoms with Gasteiger partial charge in [-0.3, -0.25) is 4.79 Å². The third-order valence-electron chi connectivity index (χ3n) is 2.08. The molecule has 3 N–H and O–H groups in total. The summed E-state index contributed by atoms with van der Waals surface area (Å²) in [5.41, 5.74) is 6.91. The van der Waals surface area contributed by atoms with Crippen molar-refractivity contribution in [2.75, 3.05) is 0 Å². The zero-order valence-corrected chi connectivity index (χ0v) is 9.23. The minimum atomic E-state index is -0.218. The molecule has 15 heavy (non-hydrogen) atoms. The Labute approximate surface area is 90.7 Å². The molecule has 0 heterocycles. The van der Waals surface area contributed by atoms with Gasteiger partial charge < -0.3 is 11.1 Å². The van der Waals surface area contributed by atoms with Crippen LogP contribution in [0.15, 0.2) is 30.3 Å². The first-order valence-electron chi connectivity index (χ1n) is 5.19. The first kappa shape index (κ1) is 11.7. The second kappa shape index (κ2) is 5.51. The van der Waals surface area contributed by atoms with E-state index in [1.807, 2.05) is 44.2 Å². The van der Waals surface area contributed by atoms with Gasteiger partial charge in [-0.25, -0.2) is 0 Å². The van der Waals surface area contributed by atoms with Gasteiger partial charge in [0.1, 0.15) is 0 Å². The zero-order chi connectivity index (χ0) is 11.3. The van der Waals surface area contributed by atoms with Crippen LogP contribution in [-0.2, 0) is 4.79 Å². The molecule has 82 valence electrons. The highest BCUT2D eigenvalue weighted by Gasteiger charge is 2.11. The number of amides is 1. The Morgan fingerprint density at radius 3 is 2.47 bits per heavy atom. The van der Waals surface area contributed by atoms with Crippen LogP contribution in [0.2, 0.25) is 0 Å². The third kappa shape index (κ3) is 4.13. The maximum atomic E-state index is 11.4. The predicted molar refractivity (Wildman–Crippen MR) is 61.3 cm³/mol. The van der Waals surface area contributed by atoms with Crippen molar-refractivity contribution in [3.63, 3.8) is 0 Å². The van der Waals surface area contributed by atoms with Crippen LogP contribution in [-0.4, -0.2) is 11.9 Å². The van der Waals surface area contributed by atoms with Crippen molar-refractivity contribution in [3.8, 4) is 0 Å². The standard InChI is InChI=1S/C12H18N2O/c1-9(2)14-12(15)8-11(13)10-6-4-3-5-7-10/h3-7,9,11H,8,13H2,1-2H3,(H,14,15)/t11-/m1/s1. The topological polar surface area (TPSA) is 55.1 Å². The average Bonchev–Trinajstić information content (AvgIpc) is 2.17. The normalized spacial score (nSPS) is 12.5. The molecule has 0 spiro atoms. The number of hydrogen-bond acceptors (Lipinski definition) is 2. The fraction of sp³-hybridized carbons (Fsp3) is 0.417. The van der Waals surface area contributed by atoms with E-state index >= 15 is 0 Å². The Morgan fingerprint density at radius 2 is 1.93 bits per heavy atom. The Hall–Kier alpha value is -1.35. The molecule has 0 unspecified atom stereocenters. The van der Waals surface area contributed by atoms with Gasteiger partial charge in [-0.05, 0) is 19.4 Å². The molecule has 0 radical (unpaired) electrons. The molecule has 0 aliphatic rings. The van der Waals surface area contributed by atoms with E-state index < -0.39 is 0 Å². The number of hydrogen-bond donors (Lipinski definition) is 2. The number of nitrogens with two attached hydrogens (primary N) is 1. The van der Waals surface area contributed by atoms with Gasteiger partial charge in [-0.15, -0.1) is 0 Å². The van der Waals surface area contributed by atoms with Crippen LogP contribution in [0.4, 0.5) is 0 Å². The van der Waals surface area contributed by atoms with Gasteiger partial charge in [0.05, 0.1) is 0 Å². The van der Waals surface area contributed by atoms with E-state index in [0.29, 0.717) is 6.42 Å². The number of rotatable bonds is 4. The van der Waals surface area contributed by atoms with E-state index in [0.717, 1.165) is 5.56 Å². The molecule has 0 aromatic heterocycles. The first-order chi connectivity index (χ1) is 7.09. The van der Waals surface area contributed by atoms with Crippen molar-refractivity contribution in [1.29, 1.82) is 0 Å². The second-order valence-electron chi connectivity index (χ2n) is 3.94. The van der Waals surface area contributed by atoms with Gasteiger partial charge in [0.2, 0.25) is 5.91 Å². The van der Waals surface area contributed by atoms with Crippen LogP contribution >= 0.6 is 0 Å². The quantitative estimate of drug-likeness (QED) is 0.786. The Kier molecular flexibility index (Phi) is 4.31. The number of carbonyl (C=O) groups excluding carboxylic acids is 1. The van der Waals surface area contributed by atoms with Crippen molar-refractivity contribution >= 4 is 5.91 Å². The lowest BCUT2D eigenvalue weighted by Crippen LogP contribution is -2.32. The average molecular weight is 206 g/mol. The lowest BCUT2D eigenvalue weighted by molar-refractivity contribution is -0.121. The van der Waals surface area contributed by atoms with E-state index in [9.17, 15) is 4.79 Å². The summed E-state index contributed by atoms with van der Waals surface area (Å²) in [4.78, 5) is 11.4. The number of benzene rings is 1. The highest BCUT2D eigenvalue weighted by molar-refractivity contribution is 5.77. The van der Waals surface area contributed by atoms with Crippen LogP contribution < -0.4 is 11.1 Å².